The van der Waals surface area contributed by atoms with Gasteiger partial charge in [0.05, 0.1) is 26.8 Å². The third-order valence-electron chi connectivity index (χ3n) is 9.11. The molecule has 0 spiro atoms. The van der Waals surface area contributed by atoms with Crippen molar-refractivity contribution in [1.82, 2.24) is 25.1 Å². The van der Waals surface area contributed by atoms with Crippen LogP contribution in [-0.4, -0.2) is 76.8 Å². The van der Waals surface area contributed by atoms with Crippen LogP contribution in [0.4, 0.5) is 19.7 Å². The lowest BCUT2D eigenvalue weighted by molar-refractivity contribution is 0.00649. The Hall–Kier alpha value is -4.29. The molecule has 3 amide bonds. The maximum Gasteiger partial charge on any atom is 0.410 e. The normalized spacial score (nSPS) is 19.1. The van der Waals surface area contributed by atoms with Crippen molar-refractivity contribution >= 4 is 39.4 Å². The van der Waals surface area contributed by atoms with Gasteiger partial charge in [-0.1, -0.05) is 13.0 Å². The quantitative estimate of drug-likeness (QED) is 0.203. The molecule has 2 N–H and O–H groups in total. The zero-order chi connectivity index (χ0) is 34.7. The summed E-state index contributed by atoms with van der Waals surface area (Å²) < 4.78 is 27.3. The van der Waals surface area contributed by atoms with Crippen molar-refractivity contribution in [1.29, 1.82) is 0 Å². The Labute approximate surface area is 291 Å². The number of benzene rings is 1. The molecule has 3 aromatic heterocycles. The smallest absolute Gasteiger partial charge is 0.410 e. The molecular weight excluding hydrogens is 644 g/mol. The number of fused-ring (bicyclic) bond motifs is 1. The number of likely N-dealkylation sites (tertiary alicyclic amines) is 2. The van der Waals surface area contributed by atoms with E-state index in [1.807, 2.05) is 12.3 Å². The summed E-state index contributed by atoms with van der Waals surface area (Å²) in [7, 11) is 2.22. The Morgan fingerprint density at radius 2 is 1.86 bits per heavy atom. The van der Waals surface area contributed by atoms with Crippen LogP contribution in [0, 0.1) is 17.7 Å². The molecule has 12 heteroatoms. The van der Waals surface area contributed by atoms with E-state index in [2.05, 4.69) is 46.6 Å². The summed E-state index contributed by atoms with van der Waals surface area (Å²) in [6.07, 6.45) is 7.97. The van der Waals surface area contributed by atoms with Gasteiger partial charge in [-0.05, 0) is 108 Å². The Bertz CT molecular complexity index is 1790. The first-order valence-corrected chi connectivity index (χ1v) is 17.8. The van der Waals surface area contributed by atoms with Gasteiger partial charge in [-0.25, -0.2) is 14.0 Å². The molecule has 2 aliphatic rings. The van der Waals surface area contributed by atoms with Crippen molar-refractivity contribution in [3.05, 3.63) is 66.2 Å². The summed E-state index contributed by atoms with van der Waals surface area (Å²) in [6, 6.07) is 11.5. The van der Waals surface area contributed by atoms with E-state index < -0.39 is 23.5 Å². The fraction of sp³-hybridized carbons (Fsp3) is 0.459. The number of carbonyl (C=O) groups is 2. The van der Waals surface area contributed by atoms with E-state index >= 15 is 4.39 Å². The van der Waals surface area contributed by atoms with Gasteiger partial charge in [0.1, 0.15) is 11.4 Å². The largest absolute Gasteiger partial charge is 0.453 e. The highest BCUT2D eigenvalue weighted by atomic mass is 32.1. The predicted octanol–water partition coefficient (Wildman–Crippen LogP) is 7.94. The first-order valence-electron chi connectivity index (χ1n) is 17.0. The van der Waals surface area contributed by atoms with Gasteiger partial charge in [-0.2, -0.15) is 0 Å². The van der Waals surface area contributed by atoms with Crippen molar-refractivity contribution < 1.29 is 23.5 Å². The number of pyridine rings is 2. The highest BCUT2D eigenvalue weighted by molar-refractivity contribution is 7.22. The molecule has 0 saturated carbocycles. The minimum Gasteiger partial charge on any atom is -0.453 e. The molecule has 5 heterocycles. The number of rotatable bonds is 7. The molecule has 1 aromatic carbocycles. The molecule has 260 valence electrons. The molecule has 0 radical (unpaired) electrons. The fourth-order valence-electron chi connectivity index (χ4n) is 6.28. The minimum atomic E-state index is -0.623. The molecule has 2 saturated heterocycles. The third-order valence-corrected chi connectivity index (χ3v) is 10.3. The number of thiophene rings is 1. The summed E-state index contributed by atoms with van der Waals surface area (Å²) in [5, 5.41) is 5.43. The van der Waals surface area contributed by atoms with Crippen LogP contribution < -0.4 is 15.4 Å². The maximum absolute atomic E-state index is 15.2. The Morgan fingerprint density at radius 1 is 1.04 bits per heavy atom. The average Bonchev–Trinajstić information content (AvgIpc) is 3.46. The first-order chi connectivity index (χ1) is 23.4. The van der Waals surface area contributed by atoms with Crippen molar-refractivity contribution in [2.24, 2.45) is 11.8 Å². The second-order valence-electron chi connectivity index (χ2n) is 14.3. The Morgan fingerprint density at radius 3 is 2.59 bits per heavy atom. The number of nitrogens with one attached hydrogen (secondary N) is 2. The van der Waals surface area contributed by atoms with E-state index in [1.165, 1.54) is 59.7 Å². The molecule has 0 bridgehead atoms. The molecule has 10 nitrogen and oxygen atoms in total. The SMILES string of the molecule is CC1CCN(C)CCCC1Cc1ccc(-c2cc3nccc(Oc4ccc(NC(=O)NC5CN(C(=O)OC(C)(C)C)C5)cc4F)c3s2)nc1. The summed E-state index contributed by atoms with van der Waals surface area (Å²) >= 11 is 1.50. The lowest BCUT2D eigenvalue weighted by Crippen LogP contribution is -2.62. The first kappa shape index (κ1) is 34.6. The van der Waals surface area contributed by atoms with E-state index in [0.717, 1.165) is 33.8 Å². The molecule has 2 atom stereocenters. The second kappa shape index (κ2) is 14.7. The van der Waals surface area contributed by atoms with Crippen LogP contribution in [0.3, 0.4) is 0 Å². The number of amides is 3. The number of halogens is 1. The number of anilines is 1. The molecule has 6 rings (SSSR count). The van der Waals surface area contributed by atoms with Crippen LogP contribution in [0.2, 0.25) is 0 Å². The number of hydrogen-bond acceptors (Lipinski definition) is 8. The van der Waals surface area contributed by atoms with Gasteiger partial charge in [0, 0.05) is 43.3 Å². The summed E-state index contributed by atoms with van der Waals surface area (Å²) in [5.74, 6) is 1.24. The van der Waals surface area contributed by atoms with Crippen molar-refractivity contribution in [2.75, 3.05) is 38.5 Å². The van der Waals surface area contributed by atoms with Gasteiger partial charge in [-0.3, -0.25) is 9.97 Å². The summed E-state index contributed by atoms with van der Waals surface area (Å²) in [4.78, 5) is 38.9. The van der Waals surface area contributed by atoms with Gasteiger partial charge in [0.25, 0.3) is 0 Å². The number of hydrogen-bond donors (Lipinski definition) is 2. The lowest BCUT2D eigenvalue weighted by atomic mass is 9.82. The van der Waals surface area contributed by atoms with Gasteiger partial charge >= 0.3 is 12.1 Å². The predicted molar refractivity (Wildman–Crippen MR) is 191 cm³/mol. The maximum atomic E-state index is 15.2. The number of aromatic nitrogens is 2. The second-order valence-corrected chi connectivity index (χ2v) is 15.3. The Balaban J connectivity index is 1.05. The number of urea groups is 1. The summed E-state index contributed by atoms with van der Waals surface area (Å²) in [5.41, 5.74) is 2.56. The molecule has 49 heavy (non-hydrogen) atoms. The Kier molecular flexibility index (Phi) is 10.4. The van der Waals surface area contributed by atoms with Gasteiger partial charge in [0.2, 0.25) is 0 Å². The lowest BCUT2D eigenvalue weighted by Gasteiger charge is -2.39. The zero-order valence-electron chi connectivity index (χ0n) is 28.8. The summed E-state index contributed by atoms with van der Waals surface area (Å²) in [6.45, 7) is 10.8. The minimum absolute atomic E-state index is 0.0259. The van der Waals surface area contributed by atoms with E-state index in [4.69, 9.17) is 14.5 Å². The van der Waals surface area contributed by atoms with Crippen LogP contribution in [0.5, 0.6) is 11.5 Å². The van der Waals surface area contributed by atoms with E-state index in [0.29, 0.717) is 30.7 Å². The number of ether oxygens (including phenoxy) is 2. The topological polar surface area (TPSA) is 109 Å². The van der Waals surface area contributed by atoms with Gasteiger partial charge in [0.15, 0.2) is 11.6 Å². The monoisotopic (exact) mass is 688 g/mol. The van der Waals surface area contributed by atoms with Crippen LogP contribution in [-0.2, 0) is 11.2 Å². The van der Waals surface area contributed by atoms with Crippen LogP contribution >= 0.6 is 11.3 Å². The molecule has 4 aromatic rings. The third kappa shape index (κ3) is 8.85. The van der Waals surface area contributed by atoms with Crippen molar-refractivity contribution in [2.45, 2.75) is 65.0 Å². The van der Waals surface area contributed by atoms with Crippen molar-refractivity contribution in [3.63, 3.8) is 0 Å². The van der Waals surface area contributed by atoms with E-state index in [-0.39, 0.29) is 17.5 Å². The van der Waals surface area contributed by atoms with E-state index in [1.54, 1.807) is 39.1 Å². The van der Waals surface area contributed by atoms with Crippen molar-refractivity contribution in [3.8, 4) is 22.1 Å². The van der Waals surface area contributed by atoms with Crippen LogP contribution in [0.25, 0.3) is 20.8 Å². The fourth-order valence-corrected chi connectivity index (χ4v) is 7.32. The molecule has 0 aliphatic carbocycles. The van der Waals surface area contributed by atoms with Gasteiger partial charge < -0.3 is 29.9 Å². The van der Waals surface area contributed by atoms with Gasteiger partial charge in [-0.15, -0.1) is 11.3 Å². The van der Waals surface area contributed by atoms with E-state index in [9.17, 15) is 9.59 Å². The van der Waals surface area contributed by atoms with Crippen LogP contribution in [0.1, 0.15) is 52.5 Å². The highest BCUT2D eigenvalue weighted by Crippen LogP contribution is 2.39. The number of carbonyl (C=O) groups excluding carboxylic acids is 2. The zero-order valence-corrected chi connectivity index (χ0v) is 29.6. The van der Waals surface area contributed by atoms with Crippen LogP contribution in [0.15, 0.2) is 54.9 Å². The molecular formula is C37H45FN6O4S. The standard InChI is InChI=1S/C37H45FN6O4S/c1-23-13-16-43(5)15-6-7-25(23)17-24-8-10-29(40-20-24)33-19-30-34(49-33)32(12-14-39-30)47-31-11-9-26(18-28(31)38)41-35(45)42-27-21-44(22-27)36(46)48-37(2,3)4/h8-12,14,18-20,23,25,27H,6-7,13,15-17,21-22H2,1-5H3,(H2,41,42,45). The highest BCUT2D eigenvalue weighted by Gasteiger charge is 2.34. The molecule has 2 unspecified atom stereocenters. The molecule has 2 fully saturated rings. The number of nitrogens with zero attached hydrogens (tertiary/aromatic N) is 4. The molecule has 2 aliphatic heterocycles. The average molecular weight is 689 g/mol.